The molecule has 3 N–H and O–H groups in total. The van der Waals surface area contributed by atoms with Crippen molar-refractivity contribution >= 4 is 11.8 Å². The number of carbonyl (C=O) groups excluding carboxylic acids is 2. The maximum absolute atomic E-state index is 13.8. The number of unbranched alkanes of at least 4 members (excludes halogenated alkanes) is 1. The van der Waals surface area contributed by atoms with Crippen LogP contribution in [0.4, 0.5) is 0 Å². The molecule has 6 atom stereocenters. The highest BCUT2D eigenvalue weighted by Crippen LogP contribution is 2.43. The van der Waals surface area contributed by atoms with Gasteiger partial charge in [0, 0.05) is 25.6 Å². The lowest BCUT2D eigenvalue weighted by atomic mass is 9.98. The Kier molecular flexibility index (Phi) is 13.8. The molecule has 2 aromatic rings. The maximum Gasteiger partial charge on any atom is 0.243 e. The molecule has 2 aromatic carbocycles. The lowest BCUT2D eigenvalue weighted by molar-refractivity contribution is -0.142. The van der Waals surface area contributed by atoms with Crippen LogP contribution in [0.5, 0.6) is 0 Å². The zero-order chi connectivity index (χ0) is 32.2. The summed E-state index contributed by atoms with van der Waals surface area (Å²) in [5.74, 6) is -0.518. The number of benzene rings is 2. The average molecular weight is 604 g/mol. The van der Waals surface area contributed by atoms with Gasteiger partial charge < -0.3 is 25.4 Å². The van der Waals surface area contributed by atoms with E-state index in [-0.39, 0.29) is 36.4 Å². The Morgan fingerprint density at radius 3 is 2.55 bits per heavy atom. The van der Waals surface area contributed by atoms with Crippen LogP contribution in [0.1, 0.15) is 85.9 Å². The number of hydrogen-bond acceptors (Lipinski definition) is 5. The summed E-state index contributed by atoms with van der Waals surface area (Å²) in [4.78, 5) is 28.5. The van der Waals surface area contributed by atoms with Crippen molar-refractivity contribution in [1.29, 1.82) is 0 Å². The minimum absolute atomic E-state index is 0.00280. The van der Waals surface area contributed by atoms with Gasteiger partial charge in [-0.1, -0.05) is 86.9 Å². The van der Waals surface area contributed by atoms with Gasteiger partial charge in [-0.2, -0.15) is 0 Å². The van der Waals surface area contributed by atoms with Crippen LogP contribution in [-0.4, -0.2) is 60.2 Å². The fourth-order valence-electron chi connectivity index (χ4n) is 6.30. The summed E-state index contributed by atoms with van der Waals surface area (Å²) in [5, 5.41) is 18.3. The minimum atomic E-state index is -0.879. The molecule has 0 spiro atoms. The third kappa shape index (κ3) is 9.37. The van der Waals surface area contributed by atoms with Crippen LogP contribution in [0.2, 0.25) is 0 Å². The molecule has 3 rings (SSSR count). The standard InChI is InChI=1S/C37H53N3O4/c1-8-11-16-26(5)37(43)40(7)32(15-9-2)36(42)39-31(22-28-17-13-12-14-18-28)33(41)24-38-30-23-34(44-19-10-3)35-27(6)20-25(4)21-29(30)35/h9-10,12-14,17-18,20-21,26,30-34,38,41H,2-3,8,11,15-16,19,22-24H2,1,4-7H3,(H,39,42)/t26-,30-,31-,32-,33+,34+/m0/s1. The summed E-state index contributed by atoms with van der Waals surface area (Å²) in [6.45, 7) is 16.6. The van der Waals surface area contributed by atoms with E-state index < -0.39 is 18.2 Å². The Bertz CT molecular complexity index is 1250. The van der Waals surface area contributed by atoms with Crippen LogP contribution >= 0.6 is 0 Å². The molecule has 44 heavy (non-hydrogen) atoms. The van der Waals surface area contributed by atoms with Crippen molar-refractivity contribution in [2.45, 2.75) is 96.6 Å². The Balaban J connectivity index is 1.78. The number of fused-ring (bicyclic) bond motifs is 1. The number of amides is 2. The molecule has 0 aliphatic heterocycles. The normalized spacial score (nSPS) is 18.5. The van der Waals surface area contributed by atoms with Crippen molar-refractivity contribution in [3.05, 3.63) is 95.6 Å². The summed E-state index contributed by atoms with van der Waals surface area (Å²) in [6.07, 6.45) is 6.79. The molecule has 0 fully saturated rings. The van der Waals surface area contributed by atoms with E-state index in [1.54, 1.807) is 24.1 Å². The summed E-state index contributed by atoms with van der Waals surface area (Å²) in [5.41, 5.74) is 5.78. The fraction of sp³-hybridized carbons (Fsp3) is 0.514. The predicted molar refractivity (Wildman–Crippen MR) is 178 cm³/mol. The molecule has 1 aliphatic carbocycles. The van der Waals surface area contributed by atoms with Crippen molar-refractivity contribution in [3.63, 3.8) is 0 Å². The Morgan fingerprint density at radius 2 is 1.89 bits per heavy atom. The number of carbonyl (C=O) groups is 2. The molecule has 2 amide bonds. The molecule has 1 aliphatic rings. The third-order valence-electron chi connectivity index (χ3n) is 8.71. The first-order chi connectivity index (χ1) is 21.1. The molecule has 0 aromatic heterocycles. The van der Waals surface area contributed by atoms with Crippen molar-refractivity contribution in [2.24, 2.45) is 5.92 Å². The molecule has 0 unspecified atom stereocenters. The first kappa shape index (κ1) is 35.2. The zero-order valence-electron chi connectivity index (χ0n) is 27.4. The largest absolute Gasteiger partial charge is 0.390 e. The molecule has 0 saturated carbocycles. The van der Waals surface area contributed by atoms with Crippen molar-refractivity contribution in [3.8, 4) is 0 Å². The van der Waals surface area contributed by atoms with Gasteiger partial charge >= 0.3 is 0 Å². The van der Waals surface area contributed by atoms with Crippen LogP contribution in [0.25, 0.3) is 0 Å². The Labute approximate surface area is 264 Å². The molecular formula is C37H53N3O4. The second-order valence-corrected chi connectivity index (χ2v) is 12.3. The van der Waals surface area contributed by atoms with E-state index in [9.17, 15) is 14.7 Å². The van der Waals surface area contributed by atoms with Gasteiger partial charge in [0.15, 0.2) is 0 Å². The highest BCUT2D eigenvalue weighted by molar-refractivity contribution is 5.88. The van der Waals surface area contributed by atoms with Gasteiger partial charge in [-0.3, -0.25) is 9.59 Å². The number of nitrogens with zero attached hydrogens (tertiary/aromatic N) is 1. The number of aliphatic hydroxyl groups excluding tert-OH is 1. The highest BCUT2D eigenvalue weighted by Gasteiger charge is 2.35. The average Bonchev–Trinajstić information content (AvgIpc) is 3.36. The zero-order valence-corrected chi connectivity index (χ0v) is 27.4. The molecule has 240 valence electrons. The SMILES string of the molecule is C=CCO[C@@H]1C[C@H](NC[C@@H](O)[C@H](Cc2ccccc2)NC(=O)[C@H](CC=C)N(C)C(=O)[C@@H](C)CCCC)c2cc(C)cc(C)c21. The molecular weight excluding hydrogens is 550 g/mol. The lowest BCUT2D eigenvalue weighted by Crippen LogP contribution is -2.55. The van der Waals surface area contributed by atoms with E-state index in [1.807, 2.05) is 37.3 Å². The monoisotopic (exact) mass is 603 g/mol. The second kappa shape index (κ2) is 17.3. The van der Waals surface area contributed by atoms with Crippen LogP contribution in [0, 0.1) is 19.8 Å². The number of nitrogens with one attached hydrogen (secondary N) is 2. The van der Waals surface area contributed by atoms with Crippen molar-refractivity contribution in [2.75, 3.05) is 20.2 Å². The summed E-state index contributed by atoms with van der Waals surface area (Å²) in [6, 6.07) is 12.9. The smallest absolute Gasteiger partial charge is 0.243 e. The van der Waals surface area contributed by atoms with Crippen LogP contribution < -0.4 is 10.6 Å². The molecule has 7 heteroatoms. The number of ether oxygens (including phenoxy) is 1. The van der Waals surface area contributed by atoms with Gasteiger partial charge in [-0.25, -0.2) is 0 Å². The number of rotatable bonds is 18. The van der Waals surface area contributed by atoms with Crippen LogP contribution in [0.15, 0.2) is 67.8 Å². The molecule has 7 nitrogen and oxygen atoms in total. The van der Waals surface area contributed by atoms with E-state index in [2.05, 4.69) is 56.7 Å². The number of aryl methyl sites for hydroxylation is 2. The molecule has 0 bridgehead atoms. The predicted octanol–water partition coefficient (Wildman–Crippen LogP) is 5.90. The van der Waals surface area contributed by atoms with Crippen LogP contribution in [-0.2, 0) is 20.7 Å². The first-order valence-electron chi connectivity index (χ1n) is 16.1. The fourth-order valence-corrected chi connectivity index (χ4v) is 6.30. The van der Waals surface area contributed by atoms with Gasteiger partial charge in [0.2, 0.25) is 11.8 Å². The molecule has 0 radical (unpaired) electrons. The quantitative estimate of drug-likeness (QED) is 0.185. The Hall–Kier alpha value is -3.26. The van der Waals surface area contributed by atoms with E-state index in [0.29, 0.717) is 19.4 Å². The van der Waals surface area contributed by atoms with E-state index >= 15 is 0 Å². The van der Waals surface area contributed by atoms with Crippen molar-refractivity contribution < 1.29 is 19.4 Å². The molecule has 0 heterocycles. The van der Waals surface area contributed by atoms with E-state index in [1.165, 1.54) is 22.3 Å². The van der Waals surface area contributed by atoms with Gasteiger partial charge in [0.25, 0.3) is 0 Å². The van der Waals surface area contributed by atoms with Gasteiger partial charge in [-0.15, -0.1) is 13.2 Å². The van der Waals surface area contributed by atoms with Gasteiger partial charge in [0.1, 0.15) is 6.04 Å². The Morgan fingerprint density at radius 1 is 1.16 bits per heavy atom. The van der Waals surface area contributed by atoms with Crippen LogP contribution in [0.3, 0.4) is 0 Å². The molecule has 0 saturated heterocycles. The minimum Gasteiger partial charge on any atom is -0.390 e. The second-order valence-electron chi connectivity index (χ2n) is 12.3. The first-order valence-corrected chi connectivity index (χ1v) is 16.1. The van der Waals surface area contributed by atoms with E-state index in [0.717, 1.165) is 31.2 Å². The maximum atomic E-state index is 13.8. The topological polar surface area (TPSA) is 90.9 Å². The number of likely N-dealkylation sites (N-methyl/N-ethyl adjacent to an activating group) is 1. The highest BCUT2D eigenvalue weighted by atomic mass is 16.5. The summed E-state index contributed by atoms with van der Waals surface area (Å²) >= 11 is 0. The number of aliphatic hydroxyl groups is 1. The summed E-state index contributed by atoms with van der Waals surface area (Å²) < 4.78 is 6.13. The lowest BCUT2D eigenvalue weighted by Gasteiger charge is -2.32. The number of hydrogen-bond donors (Lipinski definition) is 3. The summed E-state index contributed by atoms with van der Waals surface area (Å²) in [7, 11) is 1.69. The van der Waals surface area contributed by atoms with Crippen molar-refractivity contribution in [1.82, 2.24) is 15.5 Å². The third-order valence-corrected chi connectivity index (χ3v) is 8.71. The van der Waals surface area contributed by atoms with Gasteiger partial charge in [0.05, 0.1) is 24.9 Å². The van der Waals surface area contributed by atoms with Gasteiger partial charge in [-0.05, 0) is 61.8 Å². The van der Waals surface area contributed by atoms with E-state index in [4.69, 9.17) is 4.74 Å².